The van der Waals surface area contributed by atoms with Gasteiger partial charge in [0.25, 0.3) is 0 Å². The van der Waals surface area contributed by atoms with Crippen LogP contribution >= 0.6 is 0 Å². The minimum Gasteiger partial charge on any atom is -0.497 e. The lowest BCUT2D eigenvalue weighted by atomic mass is 9.97. The maximum atomic E-state index is 5.68. The number of ether oxygens (including phenoxy) is 1. The molecule has 134 valence electrons. The summed E-state index contributed by atoms with van der Waals surface area (Å²) < 4.78 is 5.24. The van der Waals surface area contributed by atoms with Crippen molar-refractivity contribution in [1.29, 1.82) is 0 Å². The molecule has 2 aromatic rings. The fourth-order valence-electron chi connectivity index (χ4n) is 3.46. The van der Waals surface area contributed by atoms with Crippen LogP contribution in [-0.4, -0.2) is 47.1 Å². The summed E-state index contributed by atoms with van der Waals surface area (Å²) in [5.41, 5.74) is 8.34. The Balaban J connectivity index is 1.60. The average Bonchev–Trinajstić information content (AvgIpc) is 2.59. The van der Waals surface area contributed by atoms with E-state index < -0.39 is 0 Å². The molecule has 0 atom stereocenters. The second-order valence-electron chi connectivity index (χ2n) is 7.38. The van der Waals surface area contributed by atoms with Crippen LogP contribution in [-0.2, 0) is 13.1 Å². The minimum absolute atomic E-state index is 0.117. The molecule has 0 aliphatic carbocycles. The summed E-state index contributed by atoms with van der Waals surface area (Å²) in [6.45, 7) is 9.68. The average molecular weight is 340 g/mol. The molecular weight excluding hydrogens is 312 g/mol. The molecule has 5 heteroatoms. The van der Waals surface area contributed by atoms with Crippen molar-refractivity contribution in [3.63, 3.8) is 0 Å². The van der Waals surface area contributed by atoms with Crippen molar-refractivity contribution >= 4 is 5.82 Å². The number of nitrogens with zero attached hydrogens (tertiary/aromatic N) is 3. The Morgan fingerprint density at radius 2 is 1.76 bits per heavy atom. The third-order valence-corrected chi connectivity index (χ3v) is 4.94. The molecule has 0 bridgehead atoms. The fraction of sp³-hybridized carbons (Fsp3) is 0.450. The number of rotatable bonds is 5. The summed E-state index contributed by atoms with van der Waals surface area (Å²) in [6, 6.07) is 12.3. The molecule has 25 heavy (non-hydrogen) atoms. The first-order valence-electron chi connectivity index (χ1n) is 8.77. The van der Waals surface area contributed by atoms with Gasteiger partial charge in [0.15, 0.2) is 0 Å². The molecule has 2 N–H and O–H groups in total. The standard InChI is InChI=1S/C20H28N4O/c1-20(2)15-23(13-16-4-7-18(25-3)8-5-16)10-11-24(20)14-17-6-9-19(21)22-12-17/h4-9,12H,10-11,13-15H2,1-3H3,(H2,21,22). The van der Waals surface area contributed by atoms with Gasteiger partial charge in [-0.2, -0.15) is 0 Å². The molecule has 1 aliphatic rings. The zero-order chi connectivity index (χ0) is 17.9. The number of pyridine rings is 1. The van der Waals surface area contributed by atoms with Crippen molar-refractivity contribution in [3.8, 4) is 5.75 Å². The quantitative estimate of drug-likeness (QED) is 0.907. The number of piperazine rings is 1. The summed E-state index contributed by atoms with van der Waals surface area (Å²) in [5, 5.41) is 0. The fourth-order valence-corrected chi connectivity index (χ4v) is 3.46. The van der Waals surface area contributed by atoms with Gasteiger partial charge in [-0.25, -0.2) is 4.98 Å². The van der Waals surface area contributed by atoms with E-state index in [-0.39, 0.29) is 5.54 Å². The molecular formula is C20H28N4O. The summed E-state index contributed by atoms with van der Waals surface area (Å²) in [7, 11) is 1.70. The monoisotopic (exact) mass is 340 g/mol. The van der Waals surface area contributed by atoms with E-state index in [2.05, 4.69) is 46.8 Å². The first-order chi connectivity index (χ1) is 12.0. The highest BCUT2D eigenvalue weighted by molar-refractivity contribution is 5.29. The highest BCUT2D eigenvalue weighted by atomic mass is 16.5. The van der Waals surface area contributed by atoms with Gasteiger partial charge < -0.3 is 10.5 Å². The van der Waals surface area contributed by atoms with Gasteiger partial charge in [-0.15, -0.1) is 0 Å². The normalized spacial score (nSPS) is 18.2. The van der Waals surface area contributed by atoms with Crippen LogP contribution in [0.25, 0.3) is 0 Å². The first-order valence-corrected chi connectivity index (χ1v) is 8.77. The van der Waals surface area contributed by atoms with Gasteiger partial charge in [-0.05, 0) is 43.2 Å². The van der Waals surface area contributed by atoms with Crippen LogP contribution in [0.4, 0.5) is 5.82 Å². The molecule has 0 radical (unpaired) electrons. The molecule has 5 nitrogen and oxygen atoms in total. The van der Waals surface area contributed by atoms with Crippen molar-refractivity contribution in [2.45, 2.75) is 32.5 Å². The van der Waals surface area contributed by atoms with Crippen LogP contribution in [0.2, 0.25) is 0 Å². The first kappa shape index (κ1) is 17.7. The molecule has 0 spiro atoms. The van der Waals surface area contributed by atoms with E-state index in [9.17, 15) is 0 Å². The van der Waals surface area contributed by atoms with Gasteiger partial charge in [0.1, 0.15) is 11.6 Å². The molecule has 0 amide bonds. The highest BCUT2D eigenvalue weighted by Gasteiger charge is 2.33. The lowest BCUT2D eigenvalue weighted by molar-refractivity contribution is 0.0103. The summed E-state index contributed by atoms with van der Waals surface area (Å²) >= 11 is 0. The molecule has 0 unspecified atom stereocenters. The molecule has 1 aromatic heterocycles. The van der Waals surface area contributed by atoms with Gasteiger partial charge in [0.05, 0.1) is 7.11 Å². The number of anilines is 1. The number of hydrogen-bond acceptors (Lipinski definition) is 5. The van der Waals surface area contributed by atoms with Crippen LogP contribution in [0.5, 0.6) is 5.75 Å². The van der Waals surface area contributed by atoms with E-state index in [0.717, 1.165) is 38.5 Å². The van der Waals surface area contributed by atoms with Crippen molar-refractivity contribution < 1.29 is 4.74 Å². The lowest BCUT2D eigenvalue weighted by Gasteiger charge is -2.47. The molecule has 2 heterocycles. The van der Waals surface area contributed by atoms with E-state index in [4.69, 9.17) is 10.5 Å². The maximum absolute atomic E-state index is 5.68. The van der Waals surface area contributed by atoms with Gasteiger partial charge >= 0.3 is 0 Å². The van der Waals surface area contributed by atoms with Crippen molar-refractivity contribution in [1.82, 2.24) is 14.8 Å². The number of nitrogens with two attached hydrogens (primary N) is 1. The van der Waals surface area contributed by atoms with E-state index in [1.54, 1.807) is 7.11 Å². The third kappa shape index (κ3) is 4.50. The number of hydrogen-bond donors (Lipinski definition) is 1. The van der Waals surface area contributed by atoms with E-state index in [0.29, 0.717) is 5.82 Å². The van der Waals surface area contributed by atoms with Crippen LogP contribution in [0.1, 0.15) is 25.0 Å². The molecule has 3 rings (SSSR count). The molecule has 1 fully saturated rings. The summed E-state index contributed by atoms with van der Waals surface area (Å²) in [6.07, 6.45) is 1.88. The Hall–Kier alpha value is -2.11. The number of aromatic nitrogens is 1. The third-order valence-electron chi connectivity index (χ3n) is 4.94. The van der Waals surface area contributed by atoms with Crippen molar-refractivity contribution in [2.24, 2.45) is 0 Å². The van der Waals surface area contributed by atoms with Gasteiger partial charge in [0, 0.05) is 44.5 Å². The Morgan fingerprint density at radius 1 is 1.04 bits per heavy atom. The van der Waals surface area contributed by atoms with Crippen LogP contribution in [0.3, 0.4) is 0 Å². The Morgan fingerprint density at radius 3 is 2.36 bits per heavy atom. The second-order valence-corrected chi connectivity index (χ2v) is 7.38. The molecule has 0 saturated carbocycles. The molecule has 1 saturated heterocycles. The zero-order valence-corrected chi connectivity index (χ0v) is 15.4. The lowest BCUT2D eigenvalue weighted by Crippen LogP contribution is -2.58. The van der Waals surface area contributed by atoms with Crippen LogP contribution < -0.4 is 10.5 Å². The van der Waals surface area contributed by atoms with Gasteiger partial charge in [-0.3, -0.25) is 9.80 Å². The van der Waals surface area contributed by atoms with Gasteiger partial charge in [-0.1, -0.05) is 18.2 Å². The SMILES string of the molecule is COc1ccc(CN2CCN(Cc3ccc(N)nc3)C(C)(C)C2)cc1. The highest BCUT2D eigenvalue weighted by Crippen LogP contribution is 2.25. The number of benzene rings is 1. The summed E-state index contributed by atoms with van der Waals surface area (Å²) in [5.74, 6) is 1.48. The van der Waals surface area contributed by atoms with E-state index in [1.165, 1.54) is 11.1 Å². The zero-order valence-electron chi connectivity index (χ0n) is 15.4. The molecule has 1 aromatic carbocycles. The van der Waals surface area contributed by atoms with E-state index in [1.807, 2.05) is 24.4 Å². The predicted octanol–water partition coefficient (Wildman–Crippen LogP) is 2.77. The van der Waals surface area contributed by atoms with Crippen LogP contribution in [0.15, 0.2) is 42.6 Å². The Kier molecular flexibility index (Phi) is 5.25. The number of nitrogen functional groups attached to an aromatic ring is 1. The predicted molar refractivity (Wildman–Crippen MR) is 101 cm³/mol. The van der Waals surface area contributed by atoms with Crippen LogP contribution in [0, 0.1) is 0 Å². The molecule has 1 aliphatic heterocycles. The summed E-state index contributed by atoms with van der Waals surface area (Å²) in [4.78, 5) is 9.27. The topological polar surface area (TPSA) is 54.6 Å². The maximum Gasteiger partial charge on any atom is 0.123 e. The Labute approximate surface area is 150 Å². The minimum atomic E-state index is 0.117. The number of methoxy groups -OCH3 is 1. The van der Waals surface area contributed by atoms with Crippen molar-refractivity contribution in [2.75, 3.05) is 32.5 Å². The Bertz CT molecular complexity index is 682. The van der Waals surface area contributed by atoms with Crippen molar-refractivity contribution in [3.05, 3.63) is 53.7 Å². The largest absolute Gasteiger partial charge is 0.497 e. The smallest absolute Gasteiger partial charge is 0.123 e. The second kappa shape index (κ2) is 7.42. The van der Waals surface area contributed by atoms with Gasteiger partial charge in [0.2, 0.25) is 0 Å². The van der Waals surface area contributed by atoms with E-state index >= 15 is 0 Å².